The zero-order valence-electron chi connectivity index (χ0n) is 15.7. The first-order chi connectivity index (χ1) is 12.7. The highest BCUT2D eigenvalue weighted by Gasteiger charge is 2.20. The highest BCUT2D eigenvalue weighted by molar-refractivity contribution is 8.00. The SMILES string of the molecule is C[C@H](Sc1nnc(-c2ccc(C(C)(C)C)cc2)o1)C(=O)c1ccc(F)cc1. The second kappa shape index (κ2) is 7.64. The van der Waals surface area contributed by atoms with Crippen molar-refractivity contribution in [3.63, 3.8) is 0 Å². The van der Waals surface area contributed by atoms with Crippen molar-refractivity contribution in [2.45, 2.75) is 43.6 Å². The molecule has 3 aromatic rings. The largest absolute Gasteiger partial charge is 0.411 e. The zero-order valence-corrected chi connectivity index (χ0v) is 16.5. The Hall–Kier alpha value is -2.47. The van der Waals surface area contributed by atoms with E-state index in [0.29, 0.717) is 16.7 Å². The summed E-state index contributed by atoms with van der Waals surface area (Å²) in [6, 6.07) is 13.5. The van der Waals surface area contributed by atoms with Gasteiger partial charge in [-0.05, 0) is 54.3 Å². The molecule has 1 atom stereocenters. The van der Waals surface area contributed by atoms with Gasteiger partial charge in [0.1, 0.15) is 5.82 Å². The summed E-state index contributed by atoms with van der Waals surface area (Å²) in [5.41, 5.74) is 2.58. The van der Waals surface area contributed by atoms with E-state index in [2.05, 4.69) is 31.0 Å². The monoisotopic (exact) mass is 384 g/mol. The van der Waals surface area contributed by atoms with Crippen LogP contribution in [0.5, 0.6) is 0 Å². The standard InChI is InChI=1S/C21H21FN2O2S/c1-13(18(25)14-7-11-17(22)12-8-14)27-20-24-23-19(26-20)15-5-9-16(10-6-15)21(2,3)4/h5-13H,1-4H3/t13-/m0/s1. The van der Waals surface area contributed by atoms with Crippen molar-refractivity contribution in [2.75, 3.05) is 0 Å². The van der Waals surface area contributed by atoms with Crippen molar-refractivity contribution >= 4 is 17.5 Å². The second-order valence-electron chi connectivity index (χ2n) is 7.33. The van der Waals surface area contributed by atoms with E-state index in [1.54, 1.807) is 6.92 Å². The van der Waals surface area contributed by atoms with E-state index in [0.717, 1.165) is 5.56 Å². The molecule has 6 heteroatoms. The average Bonchev–Trinajstić information content (AvgIpc) is 3.09. The lowest BCUT2D eigenvalue weighted by molar-refractivity contribution is 0.0993. The van der Waals surface area contributed by atoms with E-state index in [1.807, 2.05) is 24.3 Å². The number of carbonyl (C=O) groups excluding carboxylic acids is 1. The maximum atomic E-state index is 13.0. The van der Waals surface area contributed by atoms with Gasteiger partial charge in [0.15, 0.2) is 5.78 Å². The summed E-state index contributed by atoms with van der Waals surface area (Å²) < 4.78 is 18.7. The van der Waals surface area contributed by atoms with Gasteiger partial charge in [0.2, 0.25) is 5.89 Å². The minimum absolute atomic E-state index is 0.0739. The van der Waals surface area contributed by atoms with Gasteiger partial charge in [0, 0.05) is 11.1 Å². The molecule has 1 heterocycles. The molecule has 0 N–H and O–H groups in total. The third-order valence-electron chi connectivity index (χ3n) is 4.18. The molecule has 4 nitrogen and oxygen atoms in total. The minimum Gasteiger partial charge on any atom is -0.411 e. The lowest BCUT2D eigenvalue weighted by atomic mass is 9.87. The van der Waals surface area contributed by atoms with Crippen LogP contribution in [0.1, 0.15) is 43.6 Å². The number of rotatable bonds is 5. The van der Waals surface area contributed by atoms with Gasteiger partial charge in [-0.15, -0.1) is 10.2 Å². The van der Waals surface area contributed by atoms with E-state index in [1.165, 1.54) is 41.6 Å². The summed E-state index contributed by atoms with van der Waals surface area (Å²) in [7, 11) is 0. The Balaban J connectivity index is 1.70. The highest BCUT2D eigenvalue weighted by atomic mass is 32.2. The molecule has 0 aliphatic carbocycles. The Kier molecular flexibility index (Phi) is 5.46. The molecule has 1 aromatic heterocycles. The molecule has 0 bridgehead atoms. The van der Waals surface area contributed by atoms with Gasteiger partial charge in [-0.2, -0.15) is 0 Å². The van der Waals surface area contributed by atoms with E-state index in [-0.39, 0.29) is 17.0 Å². The highest BCUT2D eigenvalue weighted by Crippen LogP contribution is 2.29. The van der Waals surface area contributed by atoms with Crippen LogP contribution in [0.25, 0.3) is 11.5 Å². The first-order valence-corrected chi connectivity index (χ1v) is 9.53. The average molecular weight is 384 g/mol. The van der Waals surface area contributed by atoms with Crippen LogP contribution in [0.15, 0.2) is 58.2 Å². The van der Waals surface area contributed by atoms with Gasteiger partial charge < -0.3 is 4.42 Å². The number of nitrogens with zero attached hydrogens (tertiary/aromatic N) is 2. The molecule has 0 aliphatic rings. The summed E-state index contributed by atoms with van der Waals surface area (Å²) in [6.45, 7) is 8.23. The molecule has 0 amide bonds. The van der Waals surface area contributed by atoms with E-state index >= 15 is 0 Å². The first kappa shape index (κ1) is 19.3. The number of ketones is 1. The molecule has 0 spiro atoms. The van der Waals surface area contributed by atoms with E-state index in [4.69, 9.17) is 4.42 Å². The zero-order chi connectivity index (χ0) is 19.6. The molecule has 2 aromatic carbocycles. The molecule has 0 saturated carbocycles. The molecule has 27 heavy (non-hydrogen) atoms. The summed E-state index contributed by atoms with van der Waals surface area (Å²) in [4.78, 5) is 12.4. The van der Waals surface area contributed by atoms with Crippen molar-refractivity contribution < 1.29 is 13.6 Å². The van der Waals surface area contributed by atoms with Crippen LogP contribution in [-0.4, -0.2) is 21.2 Å². The van der Waals surface area contributed by atoms with Crippen LogP contribution in [0, 0.1) is 5.82 Å². The minimum atomic E-state index is -0.424. The normalized spacial score (nSPS) is 12.8. The fourth-order valence-electron chi connectivity index (χ4n) is 2.54. The van der Waals surface area contributed by atoms with Crippen LogP contribution < -0.4 is 0 Å². The third kappa shape index (κ3) is 4.63. The topological polar surface area (TPSA) is 56.0 Å². The van der Waals surface area contributed by atoms with Crippen molar-refractivity contribution in [3.05, 3.63) is 65.5 Å². The van der Waals surface area contributed by atoms with Crippen LogP contribution in [0.2, 0.25) is 0 Å². The Morgan fingerprint density at radius 1 is 1.04 bits per heavy atom. The second-order valence-corrected chi connectivity index (χ2v) is 8.62. The van der Waals surface area contributed by atoms with Crippen molar-refractivity contribution in [1.29, 1.82) is 0 Å². The summed E-state index contributed by atoms with van der Waals surface area (Å²) in [5.74, 6) is -0.0699. The van der Waals surface area contributed by atoms with Gasteiger partial charge in [0.05, 0.1) is 5.25 Å². The Morgan fingerprint density at radius 2 is 1.67 bits per heavy atom. The molecule has 0 radical (unpaired) electrons. The molecular weight excluding hydrogens is 363 g/mol. The maximum absolute atomic E-state index is 13.0. The molecule has 0 saturated heterocycles. The number of Topliss-reactive ketones (excluding diaryl/α,β-unsaturated/α-hetero) is 1. The number of hydrogen-bond acceptors (Lipinski definition) is 5. The number of aromatic nitrogens is 2. The fraction of sp³-hybridized carbons (Fsp3) is 0.286. The number of halogens is 1. The predicted octanol–water partition coefficient (Wildman–Crippen LogP) is 5.54. The van der Waals surface area contributed by atoms with Crippen LogP contribution in [-0.2, 0) is 5.41 Å². The van der Waals surface area contributed by atoms with Crippen molar-refractivity contribution in [3.8, 4) is 11.5 Å². The quantitative estimate of drug-likeness (QED) is 0.427. The third-order valence-corrected chi connectivity index (χ3v) is 5.11. The van der Waals surface area contributed by atoms with Crippen LogP contribution in [0.4, 0.5) is 4.39 Å². The maximum Gasteiger partial charge on any atom is 0.277 e. The van der Waals surface area contributed by atoms with Gasteiger partial charge in [-0.1, -0.05) is 44.7 Å². The van der Waals surface area contributed by atoms with Crippen LogP contribution in [0.3, 0.4) is 0 Å². The molecule has 140 valence electrons. The first-order valence-electron chi connectivity index (χ1n) is 8.65. The Labute approximate surface area is 162 Å². The van der Waals surface area contributed by atoms with E-state index in [9.17, 15) is 9.18 Å². The van der Waals surface area contributed by atoms with Gasteiger partial charge in [-0.25, -0.2) is 4.39 Å². The molecular formula is C21H21FN2O2S. The molecule has 0 aliphatic heterocycles. The Bertz CT molecular complexity index is 928. The smallest absolute Gasteiger partial charge is 0.277 e. The number of hydrogen-bond donors (Lipinski definition) is 0. The molecule has 0 unspecified atom stereocenters. The lowest BCUT2D eigenvalue weighted by Gasteiger charge is -2.18. The summed E-state index contributed by atoms with van der Waals surface area (Å²) >= 11 is 1.19. The molecule has 3 rings (SSSR count). The van der Waals surface area contributed by atoms with Gasteiger partial charge >= 0.3 is 0 Å². The number of thioether (sulfide) groups is 1. The van der Waals surface area contributed by atoms with Crippen molar-refractivity contribution in [1.82, 2.24) is 10.2 Å². The summed E-state index contributed by atoms with van der Waals surface area (Å²) in [6.07, 6.45) is 0. The van der Waals surface area contributed by atoms with E-state index < -0.39 is 5.25 Å². The lowest BCUT2D eigenvalue weighted by Crippen LogP contribution is -2.13. The Morgan fingerprint density at radius 3 is 2.26 bits per heavy atom. The molecule has 0 fully saturated rings. The summed E-state index contributed by atoms with van der Waals surface area (Å²) in [5, 5.41) is 8.01. The van der Waals surface area contributed by atoms with Crippen molar-refractivity contribution in [2.24, 2.45) is 0 Å². The van der Waals surface area contributed by atoms with Gasteiger partial charge in [0.25, 0.3) is 5.22 Å². The fourth-order valence-corrected chi connectivity index (χ4v) is 3.30. The predicted molar refractivity (Wildman–Crippen MR) is 104 cm³/mol. The number of benzene rings is 2. The van der Waals surface area contributed by atoms with Gasteiger partial charge in [-0.3, -0.25) is 4.79 Å². The van der Waals surface area contributed by atoms with Crippen LogP contribution >= 0.6 is 11.8 Å². The number of carbonyl (C=O) groups is 1.